The van der Waals surface area contributed by atoms with Gasteiger partial charge in [0.05, 0.1) is 6.61 Å². The van der Waals surface area contributed by atoms with Gasteiger partial charge in [0.15, 0.2) is 6.61 Å². The minimum Gasteiger partial charge on any atom is -0.486 e. The van der Waals surface area contributed by atoms with Crippen LogP contribution in [0.25, 0.3) is 0 Å². The molecule has 150 valence electrons. The summed E-state index contributed by atoms with van der Waals surface area (Å²) in [6, 6.07) is 12.3. The average Bonchev–Trinajstić information content (AvgIpc) is 3.18. The van der Waals surface area contributed by atoms with Gasteiger partial charge in [-0.1, -0.05) is 18.2 Å². The number of benzene rings is 1. The van der Waals surface area contributed by atoms with Crippen LogP contribution >= 0.6 is 0 Å². The molecule has 0 bridgehead atoms. The predicted molar refractivity (Wildman–Crippen MR) is 98.6 cm³/mol. The molecule has 0 aliphatic carbocycles. The Morgan fingerprint density at radius 1 is 1.04 bits per heavy atom. The molecule has 1 N–H and O–H groups in total. The summed E-state index contributed by atoms with van der Waals surface area (Å²) >= 11 is 0. The molecule has 1 aromatic carbocycles. The van der Waals surface area contributed by atoms with Gasteiger partial charge < -0.3 is 23.9 Å². The fourth-order valence-electron chi connectivity index (χ4n) is 2.18. The van der Waals surface area contributed by atoms with E-state index in [0.717, 1.165) is 0 Å². The smallest absolute Gasteiger partial charge is 0.374 e. The Morgan fingerprint density at radius 3 is 2.57 bits per heavy atom. The Hall–Kier alpha value is -3.29. The van der Waals surface area contributed by atoms with E-state index in [0.29, 0.717) is 24.5 Å². The summed E-state index contributed by atoms with van der Waals surface area (Å²) in [5.41, 5.74) is 0. The molecule has 0 aliphatic rings. The van der Waals surface area contributed by atoms with Gasteiger partial charge in [-0.3, -0.25) is 9.59 Å². The quantitative estimate of drug-likeness (QED) is 0.465. The standard InChI is InChI=1S/C20H23NO7/c1-2-25-19(23)9-6-12-21-18(22)14-27-20(24)17-11-10-16(28-17)13-26-15-7-4-3-5-8-15/h3-5,7-8,10-11H,2,6,9,12-14H2,1H3,(H,21,22). The second-order valence-corrected chi connectivity index (χ2v) is 5.70. The van der Waals surface area contributed by atoms with Crippen molar-refractivity contribution < 1.29 is 33.0 Å². The van der Waals surface area contributed by atoms with Crippen molar-refractivity contribution in [3.63, 3.8) is 0 Å². The van der Waals surface area contributed by atoms with Crippen LogP contribution in [0.1, 0.15) is 36.1 Å². The van der Waals surface area contributed by atoms with Gasteiger partial charge in [-0.2, -0.15) is 0 Å². The molecule has 8 nitrogen and oxygen atoms in total. The molecular formula is C20H23NO7. The molecule has 0 fully saturated rings. The number of nitrogens with one attached hydrogen (secondary N) is 1. The molecule has 0 unspecified atom stereocenters. The monoisotopic (exact) mass is 389 g/mol. The summed E-state index contributed by atoms with van der Waals surface area (Å²) in [4.78, 5) is 34.8. The van der Waals surface area contributed by atoms with Gasteiger partial charge in [0.1, 0.15) is 18.1 Å². The number of carbonyl (C=O) groups is 3. The van der Waals surface area contributed by atoms with Gasteiger partial charge in [0, 0.05) is 13.0 Å². The first-order valence-electron chi connectivity index (χ1n) is 8.94. The number of hydrogen-bond acceptors (Lipinski definition) is 7. The van der Waals surface area contributed by atoms with Crippen molar-refractivity contribution in [3.8, 4) is 5.75 Å². The summed E-state index contributed by atoms with van der Waals surface area (Å²) in [5.74, 6) is -0.388. The number of para-hydroxylation sites is 1. The van der Waals surface area contributed by atoms with Crippen molar-refractivity contribution in [2.24, 2.45) is 0 Å². The zero-order valence-electron chi connectivity index (χ0n) is 15.6. The number of ether oxygens (including phenoxy) is 3. The van der Waals surface area contributed by atoms with Crippen LogP contribution in [0, 0.1) is 0 Å². The van der Waals surface area contributed by atoms with Crippen LogP contribution < -0.4 is 10.1 Å². The van der Waals surface area contributed by atoms with Crippen molar-refractivity contribution in [1.82, 2.24) is 5.32 Å². The number of amides is 1. The first-order valence-corrected chi connectivity index (χ1v) is 8.94. The second-order valence-electron chi connectivity index (χ2n) is 5.70. The number of hydrogen-bond donors (Lipinski definition) is 1. The largest absolute Gasteiger partial charge is 0.486 e. The van der Waals surface area contributed by atoms with E-state index in [1.165, 1.54) is 6.07 Å². The minimum absolute atomic E-state index is 0.0122. The van der Waals surface area contributed by atoms with Crippen molar-refractivity contribution in [2.75, 3.05) is 19.8 Å². The molecule has 1 amide bonds. The first kappa shape index (κ1) is 21.0. The highest BCUT2D eigenvalue weighted by Gasteiger charge is 2.15. The molecule has 2 rings (SSSR count). The molecule has 0 aliphatic heterocycles. The second kappa shape index (κ2) is 11.4. The van der Waals surface area contributed by atoms with E-state index < -0.39 is 18.5 Å². The van der Waals surface area contributed by atoms with Crippen LogP contribution in [-0.2, 0) is 25.7 Å². The average molecular weight is 389 g/mol. The molecule has 8 heteroatoms. The first-order chi connectivity index (χ1) is 13.6. The lowest BCUT2D eigenvalue weighted by molar-refractivity contribution is -0.143. The zero-order valence-corrected chi connectivity index (χ0v) is 15.6. The van der Waals surface area contributed by atoms with Gasteiger partial charge in [-0.25, -0.2) is 4.79 Å². The minimum atomic E-state index is -0.743. The summed E-state index contributed by atoms with van der Waals surface area (Å²) in [6.45, 7) is 2.07. The number of rotatable bonds is 11. The fraction of sp³-hybridized carbons (Fsp3) is 0.350. The molecule has 28 heavy (non-hydrogen) atoms. The van der Waals surface area contributed by atoms with E-state index in [9.17, 15) is 14.4 Å². The third kappa shape index (κ3) is 7.53. The maximum Gasteiger partial charge on any atom is 0.374 e. The summed E-state index contributed by atoms with van der Waals surface area (Å²) < 4.78 is 20.6. The normalized spacial score (nSPS) is 10.2. The predicted octanol–water partition coefficient (Wildman–Crippen LogP) is 2.47. The fourth-order valence-corrected chi connectivity index (χ4v) is 2.18. The van der Waals surface area contributed by atoms with Gasteiger partial charge in [0.25, 0.3) is 5.91 Å². The molecule has 1 heterocycles. The van der Waals surface area contributed by atoms with Crippen LogP contribution in [0.5, 0.6) is 5.75 Å². The Morgan fingerprint density at radius 2 is 1.82 bits per heavy atom. The third-order valence-electron chi connectivity index (χ3n) is 3.51. The molecule has 1 aromatic heterocycles. The number of carbonyl (C=O) groups excluding carboxylic acids is 3. The number of esters is 2. The van der Waals surface area contributed by atoms with Crippen LogP contribution in [-0.4, -0.2) is 37.6 Å². The molecule has 0 atom stereocenters. The maximum atomic E-state index is 11.9. The van der Waals surface area contributed by atoms with Crippen molar-refractivity contribution in [3.05, 3.63) is 54.0 Å². The van der Waals surface area contributed by atoms with Crippen LogP contribution in [0.4, 0.5) is 0 Å². The summed E-state index contributed by atoms with van der Waals surface area (Å²) in [6.07, 6.45) is 0.662. The molecule has 0 saturated heterocycles. The van der Waals surface area contributed by atoms with E-state index in [1.807, 2.05) is 30.3 Å². The summed E-state index contributed by atoms with van der Waals surface area (Å²) in [7, 11) is 0. The maximum absolute atomic E-state index is 11.9. The molecule has 0 saturated carbocycles. The Bertz CT molecular complexity index is 770. The Kier molecular flexibility index (Phi) is 8.58. The Balaban J connectivity index is 1.65. The topological polar surface area (TPSA) is 104 Å². The highest BCUT2D eigenvalue weighted by atomic mass is 16.6. The molecular weight excluding hydrogens is 366 g/mol. The third-order valence-corrected chi connectivity index (χ3v) is 3.51. The van der Waals surface area contributed by atoms with Crippen LogP contribution in [0.15, 0.2) is 46.9 Å². The van der Waals surface area contributed by atoms with E-state index in [1.54, 1.807) is 13.0 Å². The highest BCUT2D eigenvalue weighted by Crippen LogP contribution is 2.14. The zero-order chi connectivity index (χ0) is 20.2. The lowest BCUT2D eigenvalue weighted by Gasteiger charge is -2.06. The van der Waals surface area contributed by atoms with E-state index in [-0.39, 0.29) is 31.3 Å². The lowest BCUT2D eigenvalue weighted by Crippen LogP contribution is -2.29. The van der Waals surface area contributed by atoms with E-state index >= 15 is 0 Å². The van der Waals surface area contributed by atoms with Gasteiger partial charge >= 0.3 is 11.9 Å². The Labute approximate surface area is 162 Å². The van der Waals surface area contributed by atoms with Crippen molar-refractivity contribution >= 4 is 17.8 Å². The van der Waals surface area contributed by atoms with E-state index in [2.05, 4.69) is 5.32 Å². The van der Waals surface area contributed by atoms with Crippen LogP contribution in [0.2, 0.25) is 0 Å². The molecule has 2 aromatic rings. The molecule has 0 radical (unpaired) electrons. The summed E-state index contributed by atoms with van der Waals surface area (Å²) in [5, 5.41) is 2.56. The molecule has 0 spiro atoms. The highest BCUT2D eigenvalue weighted by molar-refractivity contribution is 5.88. The van der Waals surface area contributed by atoms with Gasteiger partial charge in [0.2, 0.25) is 5.76 Å². The lowest BCUT2D eigenvalue weighted by atomic mass is 10.3. The van der Waals surface area contributed by atoms with Crippen molar-refractivity contribution in [1.29, 1.82) is 0 Å². The number of furan rings is 1. The van der Waals surface area contributed by atoms with E-state index in [4.69, 9.17) is 18.6 Å². The van der Waals surface area contributed by atoms with Crippen LogP contribution in [0.3, 0.4) is 0 Å². The van der Waals surface area contributed by atoms with Gasteiger partial charge in [-0.15, -0.1) is 0 Å². The SMILES string of the molecule is CCOC(=O)CCCNC(=O)COC(=O)c1ccc(COc2ccccc2)o1. The van der Waals surface area contributed by atoms with Gasteiger partial charge in [-0.05, 0) is 37.6 Å². The van der Waals surface area contributed by atoms with Crippen molar-refractivity contribution in [2.45, 2.75) is 26.4 Å².